The molecule has 12 heteroatoms. The molecule has 7 rings (SSSR count). The van der Waals surface area contributed by atoms with Crippen LogP contribution in [0.2, 0.25) is 0 Å². The minimum absolute atomic E-state index is 0.206. The van der Waals surface area contributed by atoms with Gasteiger partial charge in [0.15, 0.2) is 11.5 Å². The lowest BCUT2D eigenvalue weighted by atomic mass is 10.0. The van der Waals surface area contributed by atoms with Crippen LogP contribution in [0, 0.1) is 5.92 Å². The molecular formula is C29H29N11O. The molecule has 0 spiro atoms. The van der Waals surface area contributed by atoms with E-state index in [0.717, 1.165) is 59.4 Å². The van der Waals surface area contributed by atoms with E-state index in [1.54, 1.807) is 24.8 Å². The summed E-state index contributed by atoms with van der Waals surface area (Å²) in [5.74, 6) is 1.15. The zero-order valence-corrected chi connectivity index (χ0v) is 23.1. The highest BCUT2D eigenvalue weighted by molar-refractivity contribution is 5.88. The molecule has 1 aliphatic heterocycles. The van der Waals surface area contributed by atoms with E-state index in [1.165, 1.54) is 4.52 Å². The molecule has 6 aromatic rings. The molecule has 6 aromatic heterocycles. The third kappa shape index (κ3) is 4.28. The molecule has 0 saturated carbocycles. The number of nitrogens with zero attached hydrogens (tertiary/aromatic N) is 10. The lowest BCUT2D eigenvalue weighted by molar-refractivity contribution is 0.487. The number of hydrogen-bond acceptors (Lipinski definition) is 7. The molecular weight excluding hydrogens is 518 g/mol. The Morgan fingerprint density at radius 2 is 1.90 bits per heavy atom. The van der Waals surface area contributed by atoms with Crippen molar-refractivity contribution in [2.75, 3.05) is 0 Å². The average molecular weight is 548 g/mol. The minimum Gasteiger partial charge on any atom is -0.301 e. The van der Waals surface area contributed by atoms with Crippen LogP contribution in [0.25, 0.3) is 28.4 Å². The molecule has 1 aliphatic rings. The predicted molar refractivity (Wildman–Crippen MR) is 154 cm³/mol. The summed E-state index contributed by atoms with van der Waals surface area (Å²) < 4.78 is 7.25. The maximum atomic E-state index is 13.2. The van der Waals surface area contributed by atoms with Crippen molar-refractivity contribution in [1.29, 1.82) is 0 Å². The third-order valence-corrected chi connectivity index (χ3v) is 7.65. The van der Waals surface area contributed by atoms with E-state index in [0.29, 0.717) is 29.4 Å². The zero-order chi connectivity index (χ0) is 28.1. The molecule has 12 nitrogen and oxygen atoms in total. The van der Waals surface area contributed by atoms with Crippen LogP contribution in [0.15, 0.2) is 71.5 Å². The predicted octanol–water partition coefficient (Wildman–Crippen LogP) is 3.94. The maximum Gasteiger partial charge on any atom is 0.272 e. The maximum absolute atomic E-state index is 13.2. The number of imidazole rings is 2. The number of aromatic amines is 1. The van der Waals surface area contributed by atoms with Crippen LogP contribution in [-0.2, 0) is 19.4 Å². The Balaban J connectivity index is 1.31. The van der Waals surface area contributed by atoms with E-state index in [9.17, 15) is 4.79 Å². The van der Waals surface area contributed by atoms with Crippen LogP contribution in [0.3, 0.4) is 0 Å². The van der Waals surface area contributed by atoms with Crippen LogP contribution in [0.4, 0.5) is 5.82 Å². The van der Waals surface area contributed by atoms with Crippen molar-refractivity contribution in [1.82, 2.24) is 48.5 Å². The van der Waals surface area contributed by atoms with Gasteiger partial charge in [0, 0.05) is 48.9 Å². The number of nitrogens with one attached hydrogen (secondary N) is 1. The van der Waals surface area contributed by atoms with Crippen LogP contribution >= 0.6 is 0 Å². The Labute approximate surface area is 235 Å². The van der Waals surface area contributed by atoms with Crippen LogP contribution < -0.4 is 5.56 Å². The standard InChI is InChI=1S/C29H29N11O/c1-4-19-13-39-29(34-18(19)3)27(38-14-20(5-2)31-16-38)23(36-39)10-21-11-26(41)40-28(35-21)25(12-33-40)37-15-24(32-17-37)22-8-6-7-9-30-22/h6-9,11-12,14-17,19,33H,4-5,10,13H2,1-3H3. The van der Waals surface area contributed by atoms with Gasteiger partial charge in [-0.1, -0.05) is 19.9 Å². The molecule has 41 heavy (non-hydrogen) atoms. The lowest BCUT2D eigenvalue weighted by Gasteiger charge is -2.21. The molecule has 0 radical (unpaired) electrons. The topological polar surface area (TPSA) is 129 Å². The van der Waals surface area contributed by atoms with Crippen LogP contribution in [0.5, 0.6) is 0 Å². The summed E-state index contributed by atoms with van der Waals surface area (Å²) in [5, 5.41) is 8.01. The molecule has 0 fully saturated rings. The number of pyridine rings is 1. The molecule has 0 saturated heterocycles. The lowest BCUT2D eigenvalue weighted by Crippen LogP contribution is -2.22. The number of fused-ring (bicyclic) bond motifs is 2. The van der Waals surface area contributed by atoms with Gasteiger partial charge in [-0.05, 0) is 31.9 Å². The van der Waals surface area contributed by atoms with Gasteiger partial charge >= 0.3 is 0 Å². The first-order valence-electron chi connectivity index (χ1n) is 13.8. The molecule has 1 atom stereocenters. The molecule has 1 N–H and O–H groups in total. The molecule has 0 aliphatic carbocycles. The zero-order valence-electron chi connectivity index (χ0n) is 23.1. The molecule has 0 aromatic carbocycles. The van der Waals surface area contributed by atoms with E-state index in [2.05, 4.69) is 40.8 Å². The molecule has 1 unspecified atom stereocenters. The first-order chi connectivity index (χ1) is 20.0. The van der Waals surface area contributed by atoms with Gasteiger partial charge in [0.25, 0.3) is 5.56 Å². The van der Waals surface area contributed by atoms with Gasteiger partial charge < -0.3 is 9.13 Å². The molecule has 206 valence electrons. The van der Waals surface area contributed by atoms with Crippen molar-refractivity contribution < 1.29 is 0 Å². The van der Waals surface area contributed by atoms with Gasteiger partial charge in [-0.2, -0.15) is 9.61 Å². The Bertz CT molecular complexity index is 1970. The Morgan fingerprint density at radius 1 is 1.02 bits per heavy atom. The van der Waals surface area contributed by atoms with E-state index in [4.69, 9.17) is 15.1 Å². The smallest absolute Gasteiger partial charge is 0.272 e. The van der Waals surface area contributed by atoms with Crippen molar-refractivity contribution in [3.8, 4) is 22.8 Å². The fraction of sp³-hybridized carbons (Fsp3) is 0.276. The second-order valence-corrected chi connectivity index (χ2v) is 10.2. The number of aromatic nitrogens is 10. The Hall–Kier alpha value is -5.13. The summed E-state index contributed by atoms with van der Waals surface area (Å²) in [6.07, 6.45) is 13.1. The first-order valence-corrected chi connectivity index (χ1v) is 13.8. The van der Waals surface area contributed by atoms with Gasteiger partial charge in [0.05, 0.1) is 35.6 Å². The van der Waals surface area contributed by atoms with Gasteiger partial charge in [-0.3, -0.25) is 14.9 Å². The Kier molecular flexibility index (Phi) is 5.95. The van der Waals surface area contributed by atoms with Gasteiger partial charge in [-0.15, -0.1) is 0 Å². The fourth-order valence-electron chi connectivity index (χ4n) is 5.38. The van der Waals surface area contributed by atoms with E-state index in [1.807, 2.05) is 50.7 Å². The van der Waals surface area contributed by atoms with Crippen molar-refractivity contribution in [3.63, 3.8) is 0 Å². The number of hydrogen-bond donors (Lipinski definition) is 1. The van der Waals surface area contributed by atoms with Crippen molar-refractivity contribution in [3.05, 3.63) is 89.1 Å². The van der Waals surface area contributed by atoms with Crippen LogP contribution in [-0.4, -0.2) is 54.2 Å². The van der Waals surface area contributed by atoms with Crippen molar-refractivity contribution in [2.45, 2.75) is 46.6 Å². The molecule has 0 amide bonds. The van der Waals surface area contributed by atoms with E-state index < -0.39 is 0 Å². The van der Waals surface area contributed by atoms with Crippen molar-refractivity contribution >= 4 is 17.2 Å². The van der Waals surface area contributed by atoms with Gasteiger partial charge in [0.2, 0.25) is 0 Å². The summed E-state index contributed by atoms with van der Waals surface area (Å²) in [7, 11) is 0. The van der Waals surface area contributed by atoms with Gasteiger partial charge in [-0.25, -0.2) is 24.6 Å². The Morgan fingerprint density at radius 3 is 2.68 bits per heavy atom. The highest BCUT2D eigenvalue weighted by Gasteiger charge is 2.27. The molecule has 7 heterocycles. The van der Waals surface area contributed by atoms with Crippen LogP contribution in [0.1, 0.15) is 44.3 Å². The quantitative estimate of drug-likeness (QED) is 0.322. The first kappa shape index (κ1) is 24.9. The minimum atomic E-state index is -0.206. The summed E-state index contributed by atoms with van der Waals surface area (Å²) in [6.45, 7) is 7.10. The largest absolute Gasteiger partial charge is 0.301 e. The third-order valence-electron chi connectivity index (χ3n) is 7.65. The van der Waals surface area contributed by atoms with Gasteiger partial charge in [0.1, 0.15) is 23.4 Å². The second-order valence-electron chi connectivity index (χ2n) is 10.2. The van der Waals surface area contributed by atoms with E-state index in [-0.39, 0.29) is 5.56 Å². The summed E-state index contributed by atoms with van der Waals surface area (Å²) >= 11 is 0. The number of aliphatic imine (C=N–C) groups is 1. The number of aryl methyl sites for hydroxylation is 1. The normalized spacial score (nSPS) is 14.9. The summed E-state index contributed by atoms with van der Waals surface area (Å²) in [6, 6.07) is 7.25. The number of rotatable bonds is 7. The number of H-pyrrole nitrogens is 1. The fourth-order valence-corrected chi connectivity index (χ4v) is 5.38. The molecule has 0 bridgehead atoms. The second kappa shape index (κ2) is 9.81. The summed E-state index contributed by atoms with van der Waals surface area (Å²) in [5.41, 5.74) is 6.85. The van der Waals surface area contributed by atoms with E-state index >= 15 is 0 Å². The van der Waals surface area contributed by atoms with Crippen molar-refractivity contribution in [2.24, 2.45) is 10.9 Å². The average Bonchev–Trinajstić information content (AvgIpc) is 3.78. The highest BCUT2D eigenvalue weighted by Crippen LogP contribution is 2.34. The highest BCUT2D eigenvalue weighted by atomic mass is 16.1. The summed E-state index contributed by atoms with van der Waals surface area (Å²) in [4.78, 5) is 36.5. The SMILES string of the molecule is CCc1cn(-c2c(Cc3cc(=O)n4[nH]cc(-n5cnc(-c6ccccn6)c5)c4n3)nn3c2N=C(C)C(CC)C3)cn1. The monoisotopic (exact) mass is 547 g/mol.